The Bertz CT molecular complexity index is 1170. The SMILES string of the molecule is C/C=C\Oc1ccc(-c2ccc(-c3ccc(C4OCC(C)CO4)c(F)c3F)cc2)c(F)c1F. The Hall–Kier alpha value is -3.16. The van der Waals surface area contributed by atoms with E-state index >= 15 is 0 Å². The molecule has 3 aromatic rings. The molecule has 0 aromatic heterocycles. The van der Waals surface area contributed by atoms with Crippen molar-refractivity contribution < 1.29 is 31.8 Å². The third-order valence-corrected chi connectivity index (χ3v) is 5.32. The molecule has 0 unspecified atom stereocenters. The van der Waals surface area contributed by atoms with Crippen LogP contribution in [0.5, 0.6) is 5.75 Å². The lowest BCUT2D eigenvalue weighted by Gasteiger charge is -2.28. The summed E-state index contributed by atoms with van der Waals surface area (Å²) in [5.41, 5.74) is 0.819. The summed E-state index contributed by atoms with van der Waals surface area (Å²) in [6, 6.07) is 11.7. The predicted octanol–water partition coefficient (Wildman–Crippen LogP) is 7.17. The van der Waals surface area contributed by atoms with Gasteiger partial charge in [0.2, 0.25) is 5.82 Å². The summed E-state index contributed by atoms with van der Waals surface area (Å²) in [5.74, 6) is -4.30. The highest BCUT2D eigenvalue weighted by Gasteiger charge is 2.26. The van der Waals surface area contributed by atoms with Crippen molar-refractivity contribution in [1.29, 1.82) is 0 Å². The summed E-state index contributed by atoms with van der Waals surface area (Å²) in [6.07, 6.45) is 1.84. The number of hydrogen-bond acceptors (Lipinski definition) is 3. The first-order valence-corrected chi connectivity index (χ1v) is 10.5. The number of benzene rings is 3. The first-order valence-electron chi connectivity index (χ1n) is 10.5. The van der Waals surface area contributed by atoms with Gasteiger partial charge in [-0.15, -0.1) is 0 Å². The van der Waals surface area contributed by atoms with Gasteiger partial charge in [-0.25, -0.2) is 13.2 Å². The fourth-order valence-electron chi connectivity index (χ4n) is 3.56. The summed E-state index contributed by atoms with van der Waals surface area (Å²) in [4.78, 5) is 0. The van der Waals surface area contributed by atoms with Gasteiger partial charge < -0.3 is 14.2 Å². The number of hydrogen-bond donors (Lipinski definition) is 0. The molecular formula is C26H22F4O3. The molecule has 1 heterocycles. The molecule has 1 saturated heterocycles. The van der Waals surface area contributed by atoms with Gasteiger partial charge in [0, 0.05) is 22.6 Å². The van der Waals surface area contributed by atoms with Gasteiger partial charge in [-0.1, -0.05) is 49.4 Å². The van der Waals surface area contributed by atoms with Crippen molar-refractivity contribution >= 4 is 0 Å². The highest BCUT2D eigenvalue weighted by molar-refractivity contribution is 5.71. The average molecular weight is 458 g/mol. The molecule has 0 saturated carbocycles. The van der Waals surface area contributed by atoms with Crippen LogP contribution in [0.25, 0.3) is 22.3 Å². The third kappa shape index (κ3) is 4.65. The summed E-state index contributed by atoms with van der Waals surface area (Å²) >= 11 is 0. The third-order valence-electron chi connectivity index (χ3n) is 5.32. The van der Waals surface area contributed by atoms with E-state index in [1.807, 2.05) is 6.92 Å². The molecule has 0 amide bonds. The molecule has 0 bridgehead atoms. The van der Waals surface area contributed by atoms with Crippen molar-refractivity contribution in [3.05, 3.63) is 89.7 Å². The maximum Gasteiger partial charge on any atom is 0.201 e. The van der Waals surface area contributed by atoms with Gasteiger partial charge in [0.1, 0.15) is 0 Å². The Morgan fingerprint density at radius 2 is 1.30 bits per heavy atom. The number of halogens is 4. The van der Waals surface area contributed by atoms with Crippen LogP contribution in [-0.2, 0) is 9.47 Å². The molecule has 1 aliphatic rings. The van der Waals surface area contributed by atoms with Gasteiger partial charge in [-0.3, -0.25) is 0 Å². The molecule has 3 nitrogen and oxygen atoms in total. The van der Waals surface area contributed by atoms with Crippen LogP contribution in [-0.4, -0.2) is 13.2 Å². The molecule has 0 spiro atoms. The average Bonchev–Trinajstić information content (AvgIpc) is 2.83. The van der Waals surface area contributed by atoms with E-state index in [-0.39, 0.29) is 28.4 Å². The lowest BCUT2D eigenvalue weighted by molar-refractivity contribution is -0.203. The van der Waals surface area contributed by atoms with Crippen LogP contribution < -0.4 is 4.74 Å². The van der Waals surface area contributed by atoms with Crippen LogP contribution in [0.2, 0.25) is 0 Å². The van der Waals surface area contributed by atoms with Crippen molar-refractivity contribution in [3.63, 3.8) is 0 Å². The maximum atomic E-state index is 14.9. The van der Waals surface area contributed by atoms with Gasteiger partial charge in [0.05, 0.1) is 19.5 Å². The molecule has 33 heavy (non-hydrogen) atoms. The normalized spacial score (nSPS) is 18.6. The molecule has 1 fully saturated rings. The zero-order chi connectivity index (χ0) is 23.5. The smallest absolute Gasteiger partial charge is 0.201 e. The Kier molecular flexibility index (Phi) is 6.81. The van der Waals surface area contributed by atoms with Crippen molar-refractivity contribution in [3.8, 4) is 28.0 Å². The Balaban J connectivity index is 1.60. The summed E-state index contributed by atoms with van der Waals surface area (Å²) in [7, 11) is 0. The van der Waals surface area contributed by atoms with Crippen molar-refractivity contribution in [1.82, 2.24) is 0 Å². The minimum absolute atomic E-state index is 0.00227. The van der Waals surface area contributed by atoms with E-state index in [1.54, 1.807) is 13.0 Å². The lowest BCUT2D eigenvalue weighted by Crippen LogP contribution is -2.25. The minimum atomic E-state index is -1.11. The van der Waals surface area contributed by atoms with E-state index < -0.39 is 29.6 Å². The second-order valence-electron chi connectivity index (χ2n) is 7.84. The van der Waals surface area contributed by atoms with E-state index in [0.717, 1.165) is 0 Å². The molecule has 7 heteroatoms. The van der Waals surface area contributed by atoms with E-state index in [9.17, 15) is 17.6 Å². The van der Waals surface area contributed by atoms with E-state index in [0.29, 0.717) is 24.3 Å². The van der Waals surface area contributed by atoms with Crippen molar-refractivity contribution in [2.45, 2.75) is 20.1 Å². The molecule has 172 valence electrons. The van der Waals surface area contributed by atoms with Gasteiger partial charge in [0.15, 0.2) is 29.5 Å². The monoisotopic (exact) mass is 458 g/mol. The highest BCUT2D eigenvalue weighted by atomic mass is 19.2. The molecule has 0 N–H and O–H groups in total. The molecular weight excluding hydrogens is 436 g/mol. The fourth-order valence-corrected chi connectivity index (χ4v) is 3.56. The topological polar surface area (TPSA) is 27.7 Å². The molecule has 0 aliphatic carbocycles. The zero-order valence-corrected chi connectivity index (χ0v) is 18.1. The summed E-state index contributed by atoms with van der Waals surface area (Å²) in [6.45, 7) is 4.42. The van der Waals surface area contributed by atoms with Crippen molar-refractivity contribution in [2.75, 3.05) is 13.2 Å². The summed E-state index contributed by atoms with van der Waals surface area (Å²) in [5, 5.41) is 0. The molecule has 4 rings (SSSR count). The first-order chi connectivity index (χ1) is 15.9. The van der Waals surface area contributed by atoms with Crippen LogP contribution in [0.3, 0.4) is 0 Å². The minimum Gasteiger partial charge on any atom is -0.462 e. The first kappa shape index (κ1) is 23.0. The standard InChI is InChI=1S/C26H22F4O3/c1-3-12-31-21-11-10-19(23(28)25(21)30)17-6-4-16(5-7-17)18-8-9-20(24(29)22(18)27)26-32-13-15(2)14-33-26/h3-12,15,26H,13-14H2,1-2H3/b12-3-. The lowest BCUT2D eigenvalue weighted by atomic mass is 9.98. The quantitative estimate of drug-likeness (QED) is 0.300. The molecule has 1 aliphatic heterocycles. The van der Waals surface area contributed by atoms with Crippen LogP contribution in [0.15, 0.2) is 60.9 Å². The van der Waals surface area contributed by atoms with Crippen LogP contribution in [0, 0.1) is 29.2 Å². The van der Waals surface area contributed by atoms with Gasteiger partial charge in [-0.05, 0) is 30.2 Å². The largest absolute Gasteiger partial charge is 0.462 e. The van der Waals surface area contributed by atoms with E-state index in [4.69, 9.17) is 14.2 Å². The molecule has 3 aromatic carbocycles. The van der Waals surface area contributed by atoms with Gasteiger partial charge in [0.25, 0.3) is 0 Å². The second kappa shape index (κ2) is 9.77. The van der Waals surface area contributed by atoms with Gasteiger partial charge >= 0.3 is 0 Å². The maximum absolute atomic E-state index is 14.9. The second-order valence-corrected chi connectivity index (χ2v) is 7.84. The van der Waals surface area contributed by atoms with Gasteiger partial charge in [-0.2, -0.15) is 4.39 Å². The van der Waals surface area contributed by atoms with E-state index in [2.05, 4.69) is 0 Å². The highest BCUT2D eigenvalue weighted by Crippen LogP contribution is 2.35. The van der Waals surface area contributed by atoms with Crippen molar-refractivity contribution in [2.24, 2.45) is 5.92 Å². The Morgan fingerprint density at radius 1 is 0.758 bits per heavy atom. The fraction of sp³-hybridized carbons (Fsp3) is 0.231. The number of rotatable bonds is 5. The zero-order valence-electron chi connectivity index (χ0n) is 18.1. The molecule has 0 radical (unpaired) electrons. The summed E-state index contributed by atoms with van der Waals surface area (Å²) < 4.78 is 74.4. The number of allylic oxidation sites excluding steroid dienone is 1. The predicted molar refractivity (Wildman–Crippen MR) is 116 cm³/mol. The van der Waals surface area contributed by atoms with Crippen LogP contribution in [0.1, 0.15) is 25.7 Å². The van der Waals surface area contributed by atoms with Crippen LogP contribution in [0.4, 0.5) is 17.6 Å². The Morgan fingerprint density at radius 3 is 1.88 bits per heavy atom. The molecule has 0 atom stereocenters. The Labute approximate surface area is 189 Å². The van der Waals surface area contributed by atoms with Crippen LogP contribution >= 0.6 is 0 Å². The van der Waals surface area contributed by atoms with E-state index in [1.165, 1.54) is 54.8 Å². The number of ether oxygens (including phenoxy) is 3.